The van der Waals surface area contributed by atoms with Crippen molar-refractivity contribution in [2.45, 2.75) is 18.7 Å². The van der Waals surface area contributed by atoms with Crippen LogP contribution in [-0.2, 0) is 4.74 Å². The second kappa shape index (κ2) is 5.80. The van der Waals surface area contributed by atoms with Crippen molar-refractivity contribution >= 4 is 27.7 Å². The Bertz CT molecular complexity index is 382. The third kappa shape index (κ3) is 3.17. The van der Waals surface area contributed by atoms with Gasteiger partial charge in [0.15, 0.2) is 5.78 Å². The lowest BCUT2D eigenvalue weighted by Crippen LogP contribution is -2.10. The fourth-order valence-electron chi connectivity index (χ4n) is 1.21. The van der Waals surface area contributed by atoms with Gasteiger partial charge in [0.2, 0.25) is 0 Å². The van der Waals surface area contributed by atoms with Crippen molar-refractivity contribution in [2.24, 2.45) is 0 Å². The van der Waals surface area contributed by atoms with Gasteiger partial charge in [0.1, 0.15) is 0 Å². The molecule has 1 unspecified atom stereocenters. The molecule has 0 radical (unpaired) electrons. The smallest absolute Gasteiger partial charge is 0.338 e. The van der Waals surface area contributed by atoms with Gasteiger partial charge in [-0.3, -0.25) is 4.79 Å². The first-order valence-electron chi connectivity index (χ1n) is 5.01. The summed E-state index contributed by atoms with van der Waals surface area (Å²) in [6.07, 6.45) is 0. The van der Waals surface area contributed by atoms with Crippen LogP contribution >= 0.6 is 15.9 Å². The summed E-state index contributed by atoms with van der Waals surface area (Å²) < 4.78 is 4.84. The highest BCUT2D eigenvalue weighted by atomic mass is 79.9. The number of halogens is 1. The van der Waals surface area contributed by atoms with E-state index in [-0.39, 0.29) is 16.6 Å². The Morgan fingerprint density at radius 1 is 1.25 bits per heavy atom. The number of ketones is 1. The maximum absolute atomic E-state index is 11.6. The molecule has 0 heterocycles. The number of esters is 1. The van der Waals surface area contributed by atoms with Crippen LogP contribution in [0.25, 0.3) is 0 Å². The number of carbonyl (C=O) groups is 2. The van der Waals surface area contributed by atoms with Crippen LogP contribution in [0, 0.1) is 0 Å². The minimum atomic E-state index is -0.367. The van der Waals surface area contributed by atoms with E-state index in [2.05, 4.69) is 15.9 Å². The summed E-state index contributed by atoms with van der Waals surface area (Å²) in [6, 6.07) is 6.46. The molecule has 0 bridgehead atoms. The summed E-state index contributed by atoms with van der Waals surface area (Å²) in [5, 5.41) is 0. The van der Waals surface area contributed by atoms with E-state index in [0.717, 1.165) is 0 Å². The average Bonchev–Trinajstić information content (AvgIpc) is 2.28. The average molecular weight is 285 g/mol. The van der Waals surface area contributed by atoms with Crippen molar-refractivity contribution in [3.8, 4) is 0 Å². The highest BCUT2D eigenvalue weighted by Crippen LogP contribution is 2.11. The maximum Gasteiger partial charge on any atom is 0.338 e. The quantitative estimate of drug-likeness (QED) is 0.485. The Morgan fingerprint density at radius 3 is 2.19 bits per heavy atom. The van der Waals surface area contributed by atoms with E-state index in [0.29, 0.717) is 17.7 Å². The van der Waals surface area contributed by atoms with Gasteiger partial charge in [-0.2, -0.15) is 0 Å². The van der Waals surface area contributed by atoms with Crippen molar-refractivity contribution < 1.29 is 14.3 Å². The first kappa shape index (κ1) is 12.9. The minimum absolute atomic E-state index is 0.00425. The Balaban J connectivity index is 2.83. The second-order valence-corrected chi connectivity index (χ2v) is 4.65. The molecule has 4 heteroatoms. The monoisotopic (exact) mass is 284 g/mol. The number of hydrogen-bond donors (Lipinski definition) is 0. The molecule has 0 aromatic heterocycles. The molecule has 0 N–H and O–H groups in total. The van der Waals surface area contributed by atoms with Gasteiger partial charge in [-0.05, 0) is 26.0 Å². The molecule has 86 valence electrons. The third-order valence-electron chi connectivity index (χ3n) is 2.04. The van der Waals surface area contributed by atoms with Crippen molar-refractivity contribution in [3.63, 3.8) is 0 Å². The fourth-order valence-corrected chi connectivity index (χ4v) is 1.48. The van der Waals surface area contributed by atoms with Crippen LogP contribution in [0.4, 0.5) is 0 Å². The van der Waals surface area contributed by atoms with Gasteiger partial charge >= 0.3 is 5.97 Å². The summed E-state index contributed by atoms with van der Waals surface area (Å²) >= 11 is 3.21. The van der Waals surface area contributed by atoms with Crippen LogP contribution in [0.1, 0.15) is 34.6 Å². The van der Waals surface area contributed by atoms with E-state index in [9.17, 15) is 9.59 Å². The molecule has 0 spiro atoms. The zero-order valence-electron chi connectivity index (χ0n) is 9.20. The fraction of sp³-hybridized carbons (Fsp3) is 0.333. The first-order chi connectivity index (χ1) is 7.56. The van der Waals surface area contributed by atoms with Gasteiger partial charge < -0.3 is 4.74 Å². The Kier molecular flexibility index (Phi) is 4.68. The Hall–Kier alpha value is -1.16. The topological polar surface area (TPSA) is 43.4 Å². The molecular formula is C12H13BrO3. The van der Waals surface area contributed by atoms with Gasteiger partial charge in [-0.25, -0.2) is 4.79 Å². The molecule has 1 aromatic rings. The van der Waals surface area contributed by atoms with Crippen LogP contribution in [0.3, 0.4) is 0 Å². The molecule has 1 aromatic carbocycles. The highest BCUT2D eigenvalue weighted by Gasteiger charge is 2.12. The normalized spacial score (nSPS) is 11.9. The van der Waals surface area contributed by atoms with Gasteiger partial charge in [0, 0.05) is 5.56 Å². The third-order valence-corrected chi connectivity index (χ3v) is 2.46. The summed E-state index contributed by atoms with van der Waals surface area (Å²) in [7, 11) is 0. The van der Waals surface area contributed by atoms with E-state index in [1.54, 1.807) is 38.1 Å². The van der Waals surface area contributed by atoms with Crippen molar-refractivity contribution in [3.05, 3.63) is 35.4 Å². The van der Waals surface area contributed by atoms with Gasteiger partial charge in [0.05, 0.1) is 17.0 Å². The molecule has 16 heavy (non-hydrogen) atoms. The van der Waals surface area contributed by atoms with Crippen LogP contribution in [-0.4, -0.2) is 23.2 Å². The molecule has 0 aliphatic heterocycles. The van der Waals surface area contributed by atoms with Crippen molar-refractivity contribution in [2.75, 3.05) is 6.61 Å². The van der Waals surface area contributed by atoms with Crippen LogP contribution in [0.2, 0.25) is 0 Å². The summed E-state index contributed by atoms with van der Waals surface area (Å²) in [4.78, 5) is 22.7. The molecule has 3 nitrogen and oxygen atoms in total. The molecular weight excluding hydrogens is 272 g/mol. The predicted molar refractivity (Wildman–Crippen MR) is 65.1 cm³/mol. The van der Waals surface area contributed by atoms with Gasteiger partial charge in [-0.1, -0.05) is 28.1 Å². The van der Waals surface area contributed by atoms with Crippen LogP contribution < -0.4 is 0 Å². The number of alkyl halides is 1. The molecule has 1 atom stereocenters. The number of hydrogen-bond acceptors (Lipinski definition) is 3. The SMILES string of the molecule is CCOC(=O)c1ccc(C(=O)C(C)Br)cc1. The summed E-state index contributed by atoms with van der Waals surface area (Å²) in [5.74, 6) is -0.371. The first-order valence-corrected chi connectivity index (χ1v) is 5.93. The largest absolute Gasteiger partial charge is 0.462 e. The molecule has 0 aliphatic rings. The lowest BCUT2D eigenvalue weighted by molar-refractivity contribution is 0.0526. The molecule has 0 fully saturated rings. The molecule has 0 saturated heterocycles. The highest BCUT2D eigenvalue weighted by molar-refractivity contribution is 9.10. The molecule has 1 rings (SSSR count). The molecule has 0 saturated carbocycles. The summed E-state index contributed by atoms with van der Waals surface area (Å²) in [6.45, 7) is 3.86. The standard InChI is InChI=1S/C12H13BrO3/c1-3-16-12(15)10-6-4-9(5-7-10)11(14)8(2)13/h4-8H,3H2,1-2H3. The van der Waals surface area contributed by atoms with Gasteiger partial charge in [0.25, 0.3) is 0 Å². The van der Waals surface area contributed by atoms with E-state index in [4.69, 9.17) is 4.74 Å². The Labute approximate surface area is 103 Å². The van der Waals surface area contributed by atoms with E-state index in [1.165, 1.54) is 0 Å². The number of rotatable bonds is 4. The zero-order chi connectivity index (χ0) is 12.1. The van der Waals surface area contributed by atoms with E-state index in [1.807, 2.05) is 0 Å². The number of carbonyl (C=O) groups excluding carboxylic acids is 2. The predicted octanol–water partition coefficient (Wildman–Crippen LogP) is 2.83. The van der Waals surface area contributed by atoms with Crippen LogP contribution in [0.15, 0.2) is 24.3 Å². The minimum Gasteiger partial charge on any atom is -0.462 e. The van der Waals surface area contributed by atoms with Crippen molar-refractivity contribution in [1.82, 2.24) is 0 Å². The Morgan fingerprint density at radius 2 is 1.75 bits per heavy atom. The lowest BCUT2D eigenvalue weighted by atomic mass is 10.1. The van der Waals surface area contributed by atoms with E-state index >= 15 is 0 Å². The summed E-state index contributed by atoms with van der Waals surface area (Å²) in [5.41, 5.74) is 1.04. The number of ether oxygens (including phenoxy) is 1. The van der Waals surface area contributed by atoms with Gasteiger partial charge in [-0.15, -0.1) is 0 Å². The van der Waals surface area contributed by atoms with E-state index < -0.39 is 0 Å². The number of benzene rings is 1. The zero-order valence-corrected chi connectivity index (χ0v) is 10.8. The lowest BCUT2D eigenvalue weighted by Gasteiger charge is -2.04. The molecule has 0 aliphatic carbocycles. The molecule has 0 amide bonds. The second-order valence-electron chi connectivity index (χ2n) is 3.28. The number of Topliss-reactive ketones (excluding diaryl/α,β-unsaturated/α-hetero) is 1. The van der Waals surface area contributed by atoms with Crippen LogP contribution in [0.5, 0.6) is 0 Å². The van der Waals surface area contributed by atoms with Crippen molar-refractivity contribution in [1.29, 1.82) is 0 Å². The maximum atomic E-state index is 11.6.